The Labute approximate surface area is 201 Å². The summed E-state index contributed by atoms with van der Waals surface area (Å²) >= 11 is 2.38. The molecule has 178 valence electrons. The maximum Gasteiger partial charge on any atom is 0.330 e. The van der Waals surface area contributed by atoms with Crippen LogP contribution in [-0.2, 0) is 13.6 Å². The van der Waals surface area contributed by atoms with Gasteiger partial charge in [0.1, 0.15) is 6.10 Å². The highest BCUT2D eigenvalue weighted by molar-refractivity contribution is 14.1. The van der Waals surface area contributed by atoms with Crippen LogP contribution < -0.4 is 11.2 Å². The molecule has 0 amide bonds. The van der Waals surface area contributed by atoms with Crippen LogP contribution in [0.4, 0.5) is 0 Å². The van der Waals surface area contributed by atoms with Gasteiger partial charge in [0.15, 0.2) is 22.9 Å². The van der Waals surface area contributed by atoms with E-state index in [4.69, 9.17) is 13.6 Å². The average molecular weight is 583 g/mol. The molecule has 0 bridgehead atoms. The molecule has 0 spiro atoms. The zero-order valence-electron chi connectivity index (χ0n) is 20.5. The van der Waals surface area contributed by atoms with Crippen molar-refractivity contribution in [1.82, 2.24) is 9.55 Å². The number of aromatic nitrogens is 2. The van der Waals surface area contributed by atoms with Gasteiger partial charge in [-0.25, -0.2) is 4.79 Å². The van der Waals surface area contributed by atoms with Gasteiger partial charge >= 0.3 is 5.69 Å². The van der Waals surface area contributed by atoms with Crippen LogP contribution in [0.25, 0.3) is 0 Å². The first-order valence-electron chi connectivity index (χ1n) is 10.8. The number of nitrogens with one attached hydrogen (secondary N) is 1. The molecule has 1 aliphatic heterocycles. The summed E-state index contributed by atoms with van der Waals surface area (Å²) in [6, 6.07) is 1.34. The molecule has 31 heavy (non-hydrogen) atoms. The summed E-state index contributed by atoms with van der Waals surface area (Å²) in [7, 11) is -4.09. The highest BCUT2D eigenvalue weighted by Gasteiger charge is 2.51. The van der Waals surface area contributed by atoms with Gasteiger partial charge < -0.3 is 13.6 Å². The smallest absolute Gasteiger partial charge is 0.330 e. The van der Waals surface area contributed by atoms with Gasteiger partial charge in [-0.15, -0.1) is 0 Å². The quantitative estimate of drug-likeness (QED) is 0.300. The minimum Gasteiger partial charge on any atom is -0.414 e. The summed E-state index contributed by atoms with van der Waals surface area (Å²) in [6.07, 6.45) is 0.341. The highest BCUT2D eigenvalue weighted by atomic mass is 127. The Morgan fingerprint density at radius 3 is 2.10 bits per heavy atom. The molecule has 1 aliphatic rings. The Balaban J connectivity index is 2.37. The van der Waals surface area contributed by atoms with E-state index >= 15 is 0 Å². The first-order valence-corrected chi connectivity index (χ1v) is 17.9. The van der Waals surface area contributed by atoms with Gasteiger partial charge in [-0.2, -0.15) is 0 Å². The Hall–Kier alpha value is -0.276. The Morgan fingerprint density at radius 2 is 1.61 bits per heavy atom. The predicted octanol–water partition coefficient (Wildman–Crippen LogP) is 4.65. The van der Waals surface area contributed by atoms with E-state index in [2.05, 4.69) is 95.3 Å². The van der Waals surface area contributed by atoms with E-state index in [1.54, 1.807) is 0 Å². The monoisotopic (exact) mass is 582 g/mol. The van der Waals surface area contributed by atoms with Crippen LogP contribution in [0.15, 0.2) is 21.9 Å². The average Bonchev–Trinajstić information content (AvgIpc) is 2.87. The van der Waals surface area contributed by atoms with Crippen LogP contribution in [0.3, 0.4) is 0 Å². The fourth-order valence-electron chi connectivity index (χ4n) is 2.83. The second-order valence-electron chi connectivity index (χ2n) is 11.4. The number of alkyl halides is 1. The van der Waals surface area contributed by atoms with E-state index in [0.717, 1.165) is 0 Å². The third-order valence-corrected chi connectivity index (χ3v) is 17.5. The molecule has 1 saturated heterocycles. The van der Waals surface area contributed by atoms with Crippen molar-refractivity contribution in [3.8, 4) is 0 Å². The fourth-order valence-corrected chi connectivity index (χ4v) is 6.30. The molecule has 7 nitrogen and oxygen atoms in total. The van der Waals surface area contributed by atoms with Crippen LogP contribution >= 0.6 is 22.6 Å². The van der Waals surface area contributed by atoms with Crippen molar-refractivity contribution in [2.24, 2.45) is 0 Å². The first-order chi connectivity index (χ1) is 13.9. The lowest BCUT2D eigenvalue weighted by molar-refractivity contribution is -0.0486. The van der Waals surface area contributed by atoms with Gasteiger partial charge in [0.05, 0.1) is 16.6 Å². The molecule has 2 heterocycles. The molecule has 1 aromatic heterocycles. The molecular formula is C21H39IN2O5Si2. The normalized spacial score (nSPS) is 25.8. The van der Waals surface area contributed by atoms with Crippen LogP contribution in [0, 0.1) is 0 Å². The molecule has 0 aromatic carbocycles. The lowest BCUT2D eigenvalue weighted by atomic mass is 10.2. The number of H-pyrrole nitrogens is 1. The second-order valence-corrected chi connectivity index (χ2v) is 22.4. The molecule has 0 aliphatic carbocycles. The molecule has 2 unspecified atom stereocenters. The van der Waals surface area contributed by atoms with Gasteiger partial charge in [0, 0.05) is 12.3 Å². The van der Waals surface area contributed by atoms with Gasteiger partial charge in [0.25, 0.3) is 5.56 Å². The Morgan fingerprint density at radius 1 is 1.06 bits per heavy atom. The lowest BCUT2D eigenvalue weighted by Crippen LogP contribution is -2.49. The van der Waals surface area contributed by atoms with Crippen molar-refractivity contribution in [3.05, 3.63) is 33.1 Å². The minimum atomic E-state index is -2.14. The number of rotatable bonds is 6. The van der Waals surface area contributed by atoms with Crippen molar-refractivity contribution in [1.29, 1.82) is 0 Å². The van der Waals surface area contributed by atoms with E-state index in [1.807, 2.05) is 0 Å². The Kier molecular flexibility index (Phi) is 7.98. The van der Waals surface area contributed by atoms with Gasteiger partial charge in [-0.05, 0) is 36.3 Å². The second kappa shape index (κ2) is 9.17. The van der Waals surface area contributed by atoms with Crippen LogP contribution in [0.1, 0.15) is 47.8 Å². The molecule has 1 N–H and O–H groups in total. The summed E-state index contributed by atoms with van der Waals surface area (Å²) in [5.41, 5.74) is -0.916. The fraction of sp³-hybridized carbons (Fsp3) is 0.810. The molecule has 0 radical (unpaired) electrons. The van der Waals surface area contributed by atoms with Crippen molar-refractivity contribution in [2.45, 2.75) is 100 Å². The maximum atomic E-state index is 12.6. The summed E-state index contributed by atoms with van der Waals surface area (Å²) in [4.78, 5) is 26.5. The first kappa shape index (κ1) is 27.0. The van der Waals surface area contributed by atoms with Crippen molar-refractivity contribution in [3.63, 3.8) is 0 Å². The van der Waals surface area contributed by atoms with Crippen molar-refractivity contribution in [2.75, 3.05) is 6.61 Å². The zero-order valence-corrected chi connectivity index (χ0v) is 24.7. The third-order valence-electron chi connectivity index (χ3n) is 7.04. The molecule has 2 rings (SSSR count). The molecule has 1 aromatic rings. The number of hydrogen-bond donors (Lipinski definition) is 1. The van der Waals surface area contributed by atoms with Gasteiger partial charge in [-0.3, -0.25) is 14.3 Å². The van der Waals surface area contributed by atoms with Crippen LogP contribution in [-0.4, -0.2) is 48.9 Å². The number of hydrogen-bond acceptors (Lipinski definition) is 5. The number of nitrogens with zero attached hydrogens (tertiary/aromatic N) is 1. The zero-order chi connectivity index (χ0) is 24.0. The lowest BCUT2D eigenvalue weighted by Gasteiger charge is -2.40. The van der Waals surface area contributed by atoms with Crippen molar-refractivity contribution >= 4 is 39.2 Å². The third kappa shape index (κ3) is 6.00. The largest absolute Gasteiger partial charge is 0.414 e. The van der Waals surface area contributed by atoms with E-state index in [-0.39, 0.29) is 26.2 Å². The van der Waals surface area contributed by atoms with E-state index in [0.29, 0.717) is 6.61 Å². The standard InChI is InChI=1S/C21H39IN2O5Si2/c1-20(2,3)30(7,8)27-13-14-16(22)17(29-31(9,10)21(4,5)6)18(28-14)24-12-11-15(25)23-19(24)26/h11-12,14,16-18H,13H2,1-10H3,(H,23,25,26)/t14-,16+,17?,18?/m1/s1. The summed E-state index contributed by atoms with van der Waals surface area (Å²) in [5, 5.41) is 0.109. The van der Waals surface area contributed by atoms with E-state index in [1.165, 1.54) is 16.8 Å². The number of ether oxygens (including phenoxy) is 1. The summed E-state index contributed by atoms with van der Waals surface area (Å²) in [6.45, 7) is 22.5. The molecular weight excluding hydrogens is 543 g/mol. The summed E-state index contributed by atoms with van der Waals surface area (Å²) in [5.74, 6) is 0. The molecule has 4 atom stereocenters. The topological polar surface area (TPSA) is 82.5 Å². The summed E-state index contributed by atoms with van der Waals surface area (Å²) < 4.78 is 21.0. The number of aromatic amines is 1. The predicted molar refractivity (Wildman–Crippen MR) is 138 cm³/mol. The van der Waals surface area contributed by atoms with E-state index < -0.39 is 34.1 Å². The molecule has 1 fully saturated rings. The number of halogens is 1. The van der Waals surface area contributed by atoms with Crippen LogP contribution in [0.5, 0.6) is 0 Å². The maximum absolute atomic E-state index is 12.6. The highest BCUT2D eigenvalue weighted by Crippen LogP contribution is 2.44. The minimum absolute atomic E-state index is 0.000298. The SMILES string of the molecule is CC(C)(C)[Si](C)(C)OC[C@H]1OC(n2ccc(=O)[nH]c2=O)C(O[Si](C)(C)C(C)(C)C)[C@H]1I. The Bertz CT molecular complexity index is 885. The molecule has 10 heteroatoms. The van der Waals surface area contributed by atoms with E-state index in [9.17, 15) is 9.59 Å². The van der Waals surface area contributed by atoms with Gasteiger partial charge in [-0.1, -0.05) is 64.1 Å². The molecule has 0 saturated carbocycles. The van der Waals surface area contributed by atoms with Crippen LogP contribution in [0.2, 0.25) is 36.3 Å². The van der Waals surface area contributed by atoms with Crippen molar-refractivity contribution < 1.29 is 13.6 Å². The van der Waals surface area contributed by atoms with Gasteiger partial charge in [0.2, 0.25) is 0 Å².